The fourth-order valence-corrected chi connectivity index (χ4v) is 3.35. The fourth-order valence-electron chi connectivity index (χ4n) is 3.15. The summed E-state index contributed by atoms with van der Waals surface area (Å²) in [5.41, 5.74) is 0.795. The van der Waals surface area contributed by atoms with Crippen molar-refractivity contribution in [3.05, 3.63) is 28.8 Å². The van der Waals surface area contributed by atoms with Crippen LogP contribution >= 0.6 is 11.6 Å². The van der Waals surface area contributed by atoms with E-state index in [0.29, 0.717) is 31.7 Å². The second-order valence-electron chi connectivity index (χ2n) is 5.90. The number of piperidine rings is 1. The summed E-state index contributed by atoms with van der Waals surface area (Å²) in [5, 5.41) is 12.3. The second-order valence-corrected chi connectivity index (χ2v) is 6.30. The summed E-state index contributed by atoms with van der Waals surface area (Å²) < 4.78 is 0. The Labute approximate surface area is 144 Å². The number of aliphatic carboxylic acids is 1. The van der Waals surface area contributed by atoms with Crippen LogP contribution in [-0.4, -0.2) is 53.6 Å². The number of carboxylic acid groups (broad SMARTS) is 1. The molecule has 2 aliphatic rings. The van der Waals surface area contributed by atoms with Gasteiger partial charge in [0.15, 0.2) is 0 Å². The number of nitrogens with one attached hydrogen (secondary N) is 1. The summed E-state index contributed by atoms with van der Waals surface area (Å²) in [7, 11) is 0. The highest BCUT2D eigenvalue weighted by Crippen LogP contribution is 2.28. The number of urea groups is 1. The number of nitrogens with zero attached hydrogens (tertiary/aromatic N) is 2. The van der Waals surface area contributed by atoms with Crippen LogP contribution in [0.15, 0.2) is 18.2 Å². The predicted molar refractivity (Wildman–Crippen MR) is 88.5 cm³/mol. The first kappa shape index (κ1) is 16.6. The molecule has 3 amide bonds. The summed E-state index contributed by atoms with van der Waals surface area (Å²) in [4.78, 5) is 38.9. The molecule has 3 rings (SSSR count). The molecule has 1 aromatic rings. The topological polar surface area (TPSA) is 89.9 Å². The molecule has 0 unspecified atom stereocenters. The number of benzene rings is 1. The standard InChI is InChI=1S/C16H18ClN3O4/c17-12-5-4-10(19-8-6-18-16(19)24)9-11(12)14(21)20-7-2-1-3-13(20)15(22)23/h4-5,9,13H,1-3,6-8H2,(H,18,24)(H,22,23)/t13-/m1/s1. The lowest BCUT2D eigenvalue weighted by Gasteiger charge is -2.33. The summed E-state index contributed by atoms with van der Waals surface area (Å²) in [6, 6.07) is 3.74. The van der Waals surface area contributed by atoms with E-state index >= 15 is 0 Å². The van der Waals surface area contributed by atoms with E-state index in [1.54, 1.807) is 18.2 Å². The lowest BCUT2D eigenvalue weighted by molar-refractivity contribution is -0.143. The normalized spacial score (nSPS) is 20.9. The Bertz CT molecular complexity index is 694. The SMILES string of the molecule is O=C(O)[C@H]1CCCCN1C(=O)c1cc(N2CCNC2=O)ccc1Cl. The largest absolute Gasteiger partial charge is 0.480 e. The third-order valence-electron chi connectivity index (χ3n) is 4.40. The molecule has 2 N–H and O–H groups in total. The van der Waals surface area contributed by atoms with E-state index in [4.69, 9.17) is 11.6 Å². The number of likely N-dealkylation sites (tertiary alicyclic amines) is 1. The Balaban J connectivity index is 1.91. The van der Waals surface area contributed by atoms with E-state index in [0.717, 1.165) is 12.8 Å². The van der Waals surface area contributed by atoms with Crippen LogP contribution in [-0.2, 0) is 4.79 Å². The monoisotopic (exact) mass is 351 g/mol. The number of carbonyl (C=O) groups is 3. The van der Waals surface area contributed by atoms with Crippen molar-refractivity contribution in [3.8, 4) is 0 Å². The highest BCUT2D eigenvalue weighted by atomic mass is 35.5. The van der Waals surface area contributed by atoms with Gasteiger partial charge in [-0.25, -0.2) is 9.59 Å². The molecule has 2 fully saturated rings. The minimum Gasteiger partial charge on any atom is -0.480 e. The molecule has 2 saturated heterocycles. The molecule has 0 spiro atoms. The first-order valence-corrected chi connectivity index (χ1v) is 8.25. The maximum absolute atomic E-state index is 12.8. The van der Waals surface area contributed by atoms with Gasteiger partial charge in [-0.15, -0.1) is 0 Å². The molecule has 2 aliphatic heterocycles. The maximum atomic E-state index is 12.8. The highest BCUT2D eigenvalue weighted by Gasteiger charge is 2.33. The molecule has 1 aromatic carbocycles. The average molecular weight is 352 g/mol. The van der Waals surface area contributed by atoms with Gasteiger partial charge in [-0.05, 0) is 37.5 Å². The Morgan fingerprint density at radius 3 is 2.71 bits per heavy atom. The van der Waals surface area contributed by atoms with Crippen LogP contribution in [0.3, 0.4) is 0 Å². The number of halogens is 1. The summed E-state index contributed by atoms with van der Waals surface area (Å²) in [6.45, 7) is 1.44. The van der Waals surface area contributed by atoms with E-state index < -0.39 is 17.9 Å². The van der Waals surface area contributed by atoms with Crippen molar-refractivity contribution < 1.29 is 19.5 Å². The third-order valence-corrected chi connectivity index (χ3v) is 4.73. The number of hydrogen-bond acceptors (Lipinski definition) is 3. The molecule has 0 bridgehead atoms. The van der Waals surface area contributed by atoms with E-state index in [1.807, 2.05) is 0 Å². The fraction of sp³-hybridized carbons (Fsp3) is 0.438. The van der Waals surface area contributed by atoms with E-state index in [1.165, 1.54) is 9.80 Å². The smallest absolute Gasteiger partial charge is 0.326 e. The lowest BCUT2D eigenvalue weighted by Crippen LogP contribution is -2.48. The van der Waals surface area contributed by atoms with Gasteiger partial charge in [0, 0.05) is 25.3 Å². The van der Waals surface area contributed by atoms with Crippen LogP contribution in [0, 0.1) is 0 Å². The Hall–Kier alpha value is -2.28. The first-order valence-electron chi connectivity index (χ1n) is 7.87. The molecule has 8 heteroatoms. The molecule has 0 aromatic heterocycles. The molecule has 0 radical (unpaired) electrons. The van der Waals surface area contributed by atoms with Crippen LogP contribution in [0.25, 0.3) is 0 Å². The minimum atomic E-state index is -1.01. The minimum absolute atomic E-state index is 0.224. The van der Waals surface area contributed by atoms with Crippen LogP contribution < -0.4 is 10.2 Å². The maximum Gasteiger partial charge on any atom is 0.326 e. The lowest BCUT2D eigenvalue weighted by atomic mass is 10.0. The Morgan fingerprint density at radius 1 is 1.25 bits per heavy atom. The van der Waals surface area contributed by atoms with Crippen LogP contribution in [0.5, 0.6) is 0 Å². The van der Waals surface area contributed by atoms with Gasteiger partial charge in [-0.2, -0.15) is 0 Å². The Morgan fingerprint density at radius 2 is 2.04 bits per heavy atom. The molecule has 1 atom stereocenters. The van der Waals surface area contributed by atoms with Crippen LogP contribution in [0.4, 0.5) is 10.5 Å². The van der Waals surface area contributed by atoms with Gasteiger partial charge in [0.2, 0.25) is 0 Å². The molecule has 7 nitrogen and oxygen atoms in total. The van der Waals surface area contributed by atoms with Crippen molar-refractivity contribution in [2.75, 3.05) is 24.5 Å². The van der Waals surface area contributed by atoms with E-state index in [2.05, 4.69) is 5.32 Å². The number of anilines is 1. The van der Waals surface area contributed by atoms with Gasteiger partial charge in [-0.1, -0.05) is 11.6 Å². The average Bonchev–Trinajstić information content (AvgIpc) is 3.00. The quantitative estimate of drug-likeness (QED) is 0.871. The number of rotatable bonds is 3. The van der Waals surface area contributed by atoms with Crippen molar-refractivity contribution in [1.82, 2.24) is 10.2 Å². The predicted octanol–water partition coefficient (Wildman–Crippen LogP) is 1.95. The van der Waals surface area contributed by atoms with Gasteiger partial charge >= 0.3 is 12.0 Å². The highest BCUT2D eigenvalue weighted by molar-refractivity contribution is 6.34. The number of carboxylic acids is 1. The number of carbonyl (C=O) groups excluding carboxylic acids is 2. The second kappa shape index (κ2) is 6.68. The molecular weight excluding hydrogens is 334 g/mol. The zero-order valence-corrected chi connectivity index (χ0v) is 13.8. The van der Waals surface area contributed by atoms with E-state index in [-0.39, 0.29) is 16.6 Å². The first-order chi connectivity index (χ1) is 11.5. The molecule has 0 aliphatic carbocycles. The van der Waals surface area contributed by atoms with Crippen molar-refractivity contribution in [2.45, 2.75) is 25.3 Å². The van der Waals surface area contributed by atoms with Gasteiger partial charge in [0.05, 0.1) is 10.6 Å². The van der Waals surface area contributed by atoms with Crippen molar-refractivity contribution in [2.24, 2.45) is 0 Å². The van der Waals surface area contributed by atoms with Gasteiger partial charge < -0.3 is 15.3 Å². The zero-order valence-electron chi connectivity index (χ0n) is 13.0. The molecule has 24 heavy (non-hydrogen) atoms. The third kappa shape index (κ3) is 3.03. The summed E-state index contributed by atoms with van der Waals surface area (Å²) in [6.07, 6.45) is 1.98. The molecule has 2 heterocycles. The Kier molecular flexibility index (Phi) is 4.62. The molecular formula is C16H18ClN3O4. The van der Waals surface area contributed by atoms with Crippen molar-refractivity contribution in [3.63, 3.8) is 0 Å². The summed E-state index contributed by atoms with van der Waals surface area (Å²) in [5.74, 6) is -1.41. The van der Waals surface area contributed by atoms with Crippen LogP contribution in [0.1, 0.15) is 29.6 Å². The van der Waals surface area contributed by atoms with E-state index in [9.17, 15) is 19.5 Å². The van der Waals surface area contributed by atoms with Crippen molar-refractivity contribution in [1.29, 1.82) is 0 Å². The van der Waals surface area contributed by atoms with Crippen LogP contribution in [0.2, 0.25) is 5.02 Å². The van der Waals surface area contributed by atoms with Gasteiger partial charge in [0.25, 0.3) is 5.91 Å². The summed E-state index contributed by atoms with van der Waals surface area (Å²) >= 11 is 6.17. The number of hydrogen-bond donors (Lipinski definition) is 2. The van der Waals surface area contributed by atoms with Gasteiger partial charge in [0.1, 0.15) is 6.04 Å². The number of amides is 3. The van der Waals surface area contributed by atoms with Crippen molar-refractivity contribution >= 4 is 35.2 Å². The molecule has 128 valence electrons. The van der Waals surface area contributed by atoms with Gasteiger partial charge in [-0.3, -0.25) is 9.69 Å². The zero-order chi connectivity index (χ0) is 17.3. The molecule has 0 saturated carbocycles.